The number of ether oxygens (including phenoxy) is 1. The summed E-state index contributed by atoms with van der Waals surface area (Å²) in [5.74, 6) is -1.79. The number of fused-ring (bicyclic) bond motifs is 3. The highest BCUT2D eigenvalue weighted by molar-refractivity contribution is 7.17. The van der Waals surface area contributed by atoms with E-state index in [9.17, 15) is 18.4 Å². The first kappa shape index (κ1) is 28.1. The van der Waals surface area contributed by atoms with Gasteiger partial charge in [0.15, 0.2) is 11.6 Å². The number of amides is 2. The highest BCUT2D eigenvalue weighted by atomic mass is 32.1. The number of aryl methyl sites for hydroxylation is 1. The van der Waals surface area contributed by atoms with Gasteiger partial charge in [0.25, 0.3) is 11.8 Å². The second-order valence-electron chi connectivity index (χ2n) is 10.6. The predicted octanol–water partition coefficient (Wildman–Crippen LogP) is 5.63. The monoisotopic (exact) mass is 593 g/mol. The van der Waals surface area contributed by atoms with E-state index in [1.807, 2.05) is 18.7 Å². The molecule has 5 heterocycles. The van der Waals surface area contributed by atoms with Crippen LogP contribution in [-0.4, -0.2) is 51.2 Å². The largest absolute Gasteiger partial charge is 0.421 e. The normalized spacial score (nSPS) is 15.9. The van der Waals surface area contributed by atoms with Gasteiger partial charge in [-0.3, -0.25) is 14.6 Å². The number of nitrogens with one attached hydrogen (secondary N) is 1. The van der Waals surface area contributed by atoms with Crippen LogP contribution in [0.15, 0.2) is 34.7 Å². The molecule has 218 valence electrons. The van der Waals surface area contributed by atoms with Gasteiger partial charge in [-0.15, -0.1) is 21.5 Å². The third-order valence-electron chi connectivity index (χ3n) is 7.39. The average Bonchev–Trinajstić information content (AvgIpc) is 3.75. The first-order chi connectivity index (χ1) is 20.2. The summed E-state index contributed by atoms with van der Waals surface area (Å²) in [5.41, 5.74) is 3.52. The van der Waals surface area contributed by atoms with Gasteiger partial charge in [0.05, 0.1) is 46.1 Å². The van der Waals surface area contributed by atoms with E-state index in [1.165, 1.54) is 17.4 Å². The maximum atomic E-state index is 13.8. The molecule has 1 fully saturated rings. The van der Waals surface area contributed by atoms with Gasteiger partial charge in [0.1, 0.15) is 0 Å². The number of rotatable bonds is 9. The fourth-order valence-corrected chi connectivity index (χ4v) is 6.49. The van der Waals surface area contributed by atoms with E-state index in [0.29, 0.717) is 63.2 Å². The Morgan fingerprint density at radius 3 is 2.74 bits per heavy atom. The summed E-state index contributed by atoms with van der Waals surface area (Å²) >= 11 is 1.22. The van der Waals surface area contributed by atoms with Crippen molar-refractivity contribution in [2.75, 3.05) is 13.2 Å². The van der Waals surface area contributed by atoms with Crippen molar-refractivity contribution in [1.82, 2.24) is 25.4 Å². The summed E-state index contributed by atoms with van der Waals surface area (Å²) in [7, 11) is 0. The molecule has 0 aliphatic carbocycles. The van der Waals surface area contributed by atoms with Crippen LogP contribution in [0.4, 0.5) is 8.78 Å². The molecule has 4 aromatic rings. The molecule has 3 aromatic heterocycles. The fourth-order valence-electron chi connectivity index (χ4n) is 5.51. The fraction of sp³-hybridized carbons (Fsp3) is 0.367. The van der Waals surface area contributed by atoms with E-state index in [-0.39, 0.29) is 36.4 Å². The summed E-state index contributed by atoms with van der Waals surface area (Å²) in [6, 6.07) is 6.87. The second kappa shape index (κ2) is 11.3. The molecule has 6 rings (SSSR count). The first-order valence-electron chi connectivity index (χ1n) is 13.8. The second-order valence-corrected chi connectivity index (χ2v) is 11.7. The molecule has 1 saturated heterocycles. The van der Waals surface area contributed by atoms with Crippen molar-refractivity contribution in [1.29, 1.82) is 0 Å². The molecule has 0 bridgehead atoms. The number of hydrogen-bond donors (Lipinski definition) is 1. The Kier molecular flexibility index (Phi) is 7.58. The third kappa shape index (κ3) is 5.20. The molecule has 0 spiro atoms. The maximum Gasteiger partial charge on any atom is 0.261 e. The van der Waals surface area contributed by atoms with Crippen molar-refractivity contribution in [3.63, 3.8) is 0 Å². The summed E-state index contributed by atoms with van der Waals surface area (Å²) < 4.78 is 38.7. The summed E-state index contributed by atoms with van der Waals surface area (Å²) in [6.45, 7) is 6.71. The van der Waals surface area contributed by atoms with Gasteiger partial charge in [-0.25, -0.2) is 8.78 Å². The van der Waals surface area contributed by atoms with Gasteiger partial charge in [0, 0.05) is 36.9 Å². The number of thiophene rings is 1. The number of halogens is 2. The molecule has 1 aromatic carbocycles. The molecule has 2 aliphatic rings. The molecule has 2 aliphatic heterocycles. The van der Waals surface area contributed by atoms with Gasteiger partial charge < -0.3 is 19.4 Å². The molecule has 1 atom stereocenters. The van der Waals surface area contributed by atoms with Gasteiger partial charge >= 0.3 is 0 Å². The lowest BCUT2D eigenvalue weighted by atomic mass is 9.94. The Balaban J connectivity index is 1.42. The molecule has 0 unspecified atom stereocenters. The zero-order chi connectivity index (χ0) is 29.5. The van der Waals surface area contributed by atoms with Crippen molar-refractivity contribution in [3.8, 4) is 21.9 Å². The van der Waals surface area contributed by atoms with Gasteiger partial charge in [-0.05, 0) is 56.5 Å². The Bertz CT molecular complexity index is 1680. The van der Waals surface area contributed by atoms with Crippen molar-refractivity contribution < 1.29 is 27.5 Å². The summed E-state index contributed by atoms with van der Waals surface area (Å²) in [4.78, 5) is 34.8. The molecular formula is C30H29F2N5O4S. The van der Waals surface area contributed by atoms with E-state index in [4.69, 9.17) is 14.1 Å². The van der Waals surface area contributed by atoms with Gasteiger partial charge in [-0.1, -0.05) is 6.07 Å². The van der Waals surface area contributed by atoms with Gasteiger partial charge in [0.2, 0.25) is 11.8 Å². The SMILES string of the molecule is Cc1nnc(-c2c(CCOC(C)C)nc3c(c2-c2ccc(C(=O)NCc4ccc(F)c(F)c4)s2)C(=O)N2CCC[C@H]32)o1. The molecule has 1 N–H and O–H groups in total. The van der Waals surface area contributed by atoms with Crippen molar-refractivity contribution in [3.05, 3.63) is 75.2 Å². The minimum Gasteiger partial charge on any atom is -0.421 e. The standard InChI is InChI=1S/C30H29F2N5O4S/c1-15(2)40-12-10-20-24(29-36-35-16(3)41-29)25(26-27(34-20)21-5-4-11-37(21)30(26)39)22-8-9-23(42-22)28(38)33-14-17-6-7-18(31)19(32)13-17/h6-9,13,15,21H,4-5,10-12,14H2,1-3H3,(H,33,38)/t21-/m1/s1. The van der Waals surface area contributed by atoms with E-state index >= 15 is 0 Å². The number of hydrogen-bond acceptors (Lipinski definition) is 8. The number of nitrogens with zero attached hydrogens (tertiary/aromatic N) is 4. The number of carbonyl (C=O) groups excluding carboxylic acids is 2. The lowest BCUT2D eigenvalue weighted by Crippen LogP contribution is -2.23. The molecule has 0 saturated carbocycles. The number of benzene rings is 1. The predicted molar refractivity (Wildman–Crippen MR) is 151 cm³/mol. The minimum absolute atomic E-state index is 0.0234. The minimum atomic E-state index is -0.977. The third-order valence-corrected chi connectivity index (χ3v) is 8.49. The Morgan fingerprint density at radius 2 is 2.00 bits per heavy atom. The summed E-state index contributed by atoms with van der Waals surface area (Å²) in [5, 5.41) is 11.1. The van der Waals surface area contributed by atoms with Crippen LogP contribution < -0.4 is 5.32 Å². The van der Waals surface area contributed by atoms with Crippen molar-refractivity contribution in [2.24, 2.45) is 0 Å². The van der Waals surface area contributed by atoms with Crippen LogP contribution in [0.3, 0.4) is 0 Å². The van der Waals surface area contributed by atoms with Crippen LogP contribution in [0, 0.1) is 18.6 Å². The van der Waals surface area contributed by atoms with Crippen molar-refractivity contribution in [2.45, 2.75) is 58.7 Å². The van der Waals surface area contributed by atoms with E-state index in [2.05, 4.69) is 15.5 Å². The van der Waals surface area contributed by atoms with Crippen molar-refractivity contribution >= 4 is 23.2 Å². The van der Waals surface area contributed by atoms with Crippen LogP contribution in [0.25, 0.3) is 21.9 Å². The average molecular weight is 594 g/mol. The first-order valence-corrected chi connectivity index (χ1v) is 14.6. The van der Waals surface area contributed by atoms with Crippen LogP contribution >= 0.6 is 11.3 Å². The molecule has 0 radical (unpaired) electrons. The lowest BCUT2D eigenvalue weighted by Gasteiger charge is -2.16. The van der Waals surface area contributed by atoms with E-state index in [1.54, 1.807) is 19.1 Å². The maximum absolute atomic E-state index is 13.8. The molecule has 42 heavy (non-hydrogen) atoms. The van der Waals surface area contributed by atoms with Crippen LogP contribution in [0.2, 0.25) is 0 Å². The highest BCUT2D eigenvalue weighted by Gasteiger charge is 2.44. The van der Waals surface area contributed by atoms with E-state index in [0.717, 1.165) is 30.7 Å². The Labute approximate surface area is 244 Å². The van der Waals surface area contributed by atoms with E-state index < -0.39 is 11.6 Å². The van der Waals surface area contributed by atoms with Crippen LogP contribution in [0.5, 0.6) is 0 Å². The smallest absolute Gasteiger partial charge is 0.261 e. The molecule has 12 heteroatoms. The quantitative estimate of drug-likeness (QED) is 0.268. The summed E-state index contributed by atoms with van der Waals surface area (Å²) in [6.07, 6.45) is 2.23. The Morgan fingerprint density at radius 1 is 1.17 bits per heavy atom. The number of carbonyl (C=O) groups is 2. The topological polar surface area (TPSA) is 110 Å². The van der Waals surface area contributed by atoms with Crippen LogP contribution in [-0.2, 0) is 17.7 Å². The van der Waals surface area contributed by atoms with Gasteiger partial charge in [-0.2, -0.15) is 0 Å². The zero-order valence-electron chi connectivity index (χ0n) is 23.4. The molecule has 2 amide bonds. The lowest BCUT2D eigenvalue weighted by molar-refractivity contribution is 0.0774. The number of pyridine rings is 1. The highest BCUT2D eigenvalue weighted by Crippen LogP contribution is 2.49. The zero-order valence-corrected chi connectivity index (χ0v) is 24.2. The number of aromatic nitrogens is 3. The van der Waals surface area contributed by atoms with Crippen LogP contribution in [0.1, 0.15) is 75.6 Å². The molecule has 9 nitrogen and oxygen atoms in total. The molecular weight excluding hydrogens is 564 g/mol. The Hall–Kier alpha value is -4.03.